The largest absolute Gasteiger partial charge is 0.380 e. The van der Waals surface area contributed by atoms with Crippen molar-refractivity contribution in [3.05, 3.63) is 48.0 Å². The van der Waals surface area contributed by atoms with Gasteiger partial charge in [-0.05, 0) is 24.0 Å². The van der Waals surface area contributed by atoms with Crippen LogP contribution in [0.25, 0.3) is 0 Å². The third-order valence-corrected chi connectivity index (χ3v) is 3.28. The number of imidazole rings is 1. The minimum atomic E-state index is -0.657. The summed E-state index contributed by atoms with van der Waals surface area (Å²) < 4.78 is 1.83. The van der Waals surface area contributed by atoms with E-state index >= 15 is 0 Å². The molecular weight excluding hydrogens is 220 g/mol. The molecule has 0 fully saturated rings. The molecule has 2 rings (SSSR count). The maximum absolute atomic E-state index is 10.1. The first-order valence-corrected chi connectivity index (χ1v) is 6.24. The lowest BCUT2D eigenvalue weighted by atomic mass is 10.1. The van der Waals surface area contributed by atoms with E-state index in [4.69, 9.17) is 0 Å². The SMILES string of the molecule is CSc1ccc(C(O)c2nccn2C)cc1. The van der Waals surface area contributed by atoms with Crippen LogP contribution in [0.2, 0.25) is 0 Å². The van der Waals surface area contributed by atoms with Crippen molar-refractivity contribution in [3.8, 4) is 0 Å². The summed E-state index contributed by atoms with van der Waals surface area (Å²) >= 11 is 1.69. The van der Waals surface area contributed by atoms with Gasteiger partial charge < -0.3 is 9.67 Å². The Morgan fingerprint density at radius 1 is 1.31 bits per heavy atom. The molecule has 1 atom stereocenters. The van der Waals surface area contributed by atoms with Gasteiger partial charge in [-0.1, -0.05) is 12.1 Å². The summed E-state index contributed by atoms with van der Waals surface area (Å²) in [4.78, 5) is 5.33. The van der Waals surface area contributed by atoms with Crippen LogP contribution < -0.4 is 0 Å². The molecule has 4 heteroatoms. The van der Waals surface area contributed by atoms with E-state index < -0.39 is 6.10 Å². The van der Waals surface area contributed by atoms with Gasteiger partial charge in [-0.3, -0.25) is 0 Å². The lowest BCUT2D eigenvalue weighted by molar-refractivity contribution is 0.206. The highest BCUT2D eigenvalue weighted by molar-refractivity contribution is 7.98. The summed E-state index contributed by atoms with van der Waals surface area (Å²) in [6.45, 7) is 0. The lowest BCUT2D eigenvalue weighted by Gasteiger charge is -2.11. The molecule has 1 aromatic heterocycles. The van der Waals surface area contributed by atoms with Crippen LogP contribution in [0.15, 0.2) is 41.6 Å². The number of hydrogen-bond donors (Lipinski definition) is 1. The highest BCUT2D eigenvalue weighted by atomic mass is 32.2. The van der Waals surface area contributed by atoms with Crippen molar-refractivity contribution in [2.45, 2.75) is 11.0 Å². The van der Waals surface area contributed by atoms with E-state index in [2.05, 4.69) is 4.98 Å². The topological polar surface area (TPSA) is 38.1 Å². The van der Waals surface area contributed by atoms with Crippen molar-refractivity contribution in [1.82, 2.24) is 9.55 Å². The molecule has 3 nitrogen and oxygen atoms in total. The molecule has 84 valence electrons. The molecule has 0 aliphatic carbocycles. The number of benzene rings is 1. The molecule has 2 aromatic rings. The zero-order valence-corrected chi connectivity index (χ0v) is 10.1. The van der Waals surface area contributed by atoms with E-state index in [0.29, 0.717) is 5.82 Å². The van der Waals surface area contributed by atoms with Gasteiger partial charge in [0.25, 0.3) is 0 Å². The van der Waals surface area contributed by atoms with Crippen molar-refractivity contribution in [2.75, 3.05) is 6.26 Å². The number of aromatic nitrogens is 2. The molecule has 1 N–H and O–H groups in total. The smallest absolute Gasteiger partial charge is 0.142 e. The van der Waals surface area contributed by atoms with Gasteiger partial charge in [0.15, 0.2) is 0 Å². The lowest BCUT2D eigenvalue weighted by Crippen LogP contribution is -2.06. The first-order chi connectivity index (χ1) is 7.72. The minimum absolute atomic E-state index is 0.657. The molecule has 16 heavy (non-hydrogen) atoms. The fourth-order valence-corrected chi connectivity index (χ4v) is 1.98. The molecule has 1 unspecified atom stereocenters. The number of aliphatic hydroxyl groups is 1. The Morgan fingerprint density at radius 2 is 2.00 bits per heavy atom. The number of thioether (sulfide) groups is 1. The van der Waals surface area contributed by atoms with E-state index in [1.807, 2.05) is 48.3 Å². The second-order valence-corrected chi connectivity index (χ2v) is 4.45. The molecule has 1 heterocycles. The van der Waals surface area contributed by atoms with Crippen molar-refractivity contribution < 1.29 is 5.11 Å². The molecule has 0 aliphatic rings. The monoisotopic (exact) mass is 234 g/mol. The van der Waals surface area contributed by atoms with Crippen LogP contribution in [-0.4, -0.2) is 20.9 Å². The Morgan fingerprint density at radius 3 is 2.50 bits per heavy atom. The first-order valence-electron chi connectivity index (χ1n) is 5.01. The number of aliphatic hydroxyl groups excluding tert-OH is 1. The third-order valence-electron chi connectivity index (χ3n) is 2.53. The molecule has 0 spiro atoms. The zero-order valence-electron chi connectivity index (χ0n) is 9.29. The van der Waals surface area contributed by atoms with Crippen LogP contribution in [0.4, 0.5) is 0 Å². The number of hydrogen-bond acceptors (Lipinski definition) is 3. The van der Waals surface area contributed by atoms with E-state index in [0.717, 1.165) is 5.56 Å². The normalized spacial score (nSPS) is 12.7. The van der Waals surface area contributed by atoms with Gasteiger partial charge >= 0.3 is 0 Å². The summed E-state index contributed by atoms with van der Waals surface area (Å²) in [7, 11) is 1.88. The van der Waals surface area contributed by atoms with Gasteiger partial charge in [-0.25, -0.2) is 4.98 Å². The average molecular weight is 234 g/mol. The summed E-state index contributed by atoms with van der Waals surface area (Å²) in [5, 5.41) is 10.1. The molecule has 0 radical (unpaired) electrons. The Kier molecular flexibility index (Phi) is 3.31. The quantitative estimate of drug-likeness (QED) is 0.828. The summed E-state index contributed by atoms with van der Waals surface area (Å²) in [5.74, 6) is 0.664. The molecule has 0 saturated carbocycles. The van der Waals surface area contributed by atoms with Gasteiger partial charge in [-0.2, -0.15) is 0 Å². The van der Waals surface area contributed by atoms with Crippen molar-refractivity contribution in [1.29, 1.82) is 0 Å². The second kappa shape index (κ2) is 4.72. The van der Waals surface area contributed by atoms with Gasteiger partial charge in [0.1, 0.15) is 11.9 Å². The molecule has 1 aromatic carbocycles. The van der Waals surface area contributed by atoms with Crippen LogP contribution in [0, 0.1) is 0 Å². The number of nitrogens with zero attached hydrogens (tertiary/aromatic N) is 2. The second-order valence-electron chi connectivity index (χ2n) is 3.57. The fraction of sp³-hybridized carbons (Fsp3) is 0.250. The van der Waals surface area contributed by atoms with Crippen molar-refractivity contribution >= 4 is 11.8 Å². The van der Waals surface area contributed by atoms with E-state index in [-0.39, 0.29) is 0 Å². The minimum Gasteiger partial charge on any atom is -0.380 e. The predicted octanol–water partition coefficient (Wildman–Crippen LogP) is 2.22. The predicted molar refractivity (Wildman–Crippen MR) is 65.5 cm³/mol. The Balaban J connectivity index is 2.27. The van der Waals surface area contributed by atoms with E-state index in [1.54, 1.807) is 18.0 Å². The van der Waals surface area contributed by atoms with Crippen molar-refractivity contribution in [2.24, 2.45) is 7.05 Å². The van der Waals surface area contributed by atoms with E-state index in [1.165, 1.54) is 4.90 Å². The Bertz CT molecular complexity index is 464. The maximum atomic E-state index is 10.1. The number of aryl methyl sites for hydroxylation is 1. The molecular formula is C12H14N2OS. The van der Waals surface area contributed by atoms with Crippen LogP contribution in [0.1, 0.15) is 17.5 Å². The standard InChI is InChI=1S/C12H14N2OS/c1-14-8-7-13-12(14)11(15)9-3-5-10(16-2)6-4-9/h3-8,11,15H,1-2H3. The molecule has 0 amide bonds. The van der Waals surface area contributed by atoms with Gasteiger partial charge in [-0.15, -0.1) is 11.8 Å². The summed E-state index contributed by atoms with van der Waals surface area (Å²) in [5.41, 5.74) is 0.868. The highest BCUT2D eigenvalue weighted by Crippen LogP contribution is 2.22. The summed E-state index contributed by atoms with van der Waals surface area (Å²) in [6, 6.07) is 7.88. The van der Waals surface area contributed by atoms with Crippen LogP contribution in [0.5, 0.6) is 0 Å². The molecule has 0 saturated heterocycles. The van der Waals surface area contributed by atoms with Gasteiger partial charge in [0.2, 0.25) is 0 Å². The maximum Gasteiger partial charge on any atom is 0.142 e. The summed E-state index contributed by atoms with van der Waals surface area (Å²) in [6.07, 6.45) is 4.89. The average Bonchev–Trinajstić information content (AvgIpc) is 2.75. The van der Waals surface area contributed by atoms with Crippen molar-refractivity contribution in [3.63, 3.8) is 0 Å². The molecule has 0 bridgehead atoms. The highest BCUT2D eigenvalue weighted by Gasteiger charge is 2.14. The first kappa shape index (κ1) is 11.2. The van der Waals surface area contributed by atoms with E-state index in [9.17, 15) is 5.11 Å². The van der Waals surface area contributed by atoms with Crippen LogP contribution in [-0.2, 0) is 7.05 Å². The molecule has 0 aliphatic heterocycles. The van der Waals surface area contributed by atoms with Crippen LogP contribution >= 0.6 is 11.8 Å². The van der Waals surface area contributed by atoms with Crippen LogP contribution in [0.3, 0.4) is 0 Å². The number of rotatable bonds is 3. The Hall–Kier alpha value is -1.26. The zero-order chi connectivity index (χ0) is 11.5. The van der Waals surface area contributed by atoms with Gasteiger partial charge in [0.05, 0.1) is 0 Å². The third kappa shape index (κ3) is 2.13. The fourth-order valence-electron chi connectivity index (χ4n) is 1.58. The Labute approximate surface area is 99.1 Å². The van der Waals surface area contributed by atoms with Gasteiger partial charge in [0, 0.05) is 24.3 Å².